The van der Waals surface area contributed by atoms with Gasteiger partial charge in [0.05, 0.1) is 6.10 Å². The van der Waals surface area contributed by atoms with E-state index in [9.17, 15) is 8.42 Å². The Morgan fingerprint density at radius 1 is 1.40 bits per heavy atom. The van der Waals surface area contributed by atoms with Crippen LogP contribution in [0.5, 0.6) is 0 Å². The smallest absolute Gasteiger partial charge is 0.273 e. The molecule has 8 heteroatoms. The minimum Gasteiger partial charge on any atom is -0.377 e. The number of hydrogen-bond acceptors (Lipinski definition) is 5. The summed E-state index contributed by atoms with van der Waals surface area (Å²) in [6.45, 7) is 8.42. The normalized spacial score (nSPS) is 24.2. The largest absolute Gasteiger partial charge is 0.377 e. The summed E-state index contributed by atoms with van der Waals surface area (Å²) in [5.41, 5.74) is -0.471. The van der Waals surface area contributed by atoms with E-state index in [1.807, 2.05) is 27.7 Å². The average molecular weight is 302 g/mol. The molecule has 1 aromatic heterocycles. The fourth-order valence-corrected chi connectivity index (χ4v) is 3.46. The monoisotopic (exact) mass is 302 g/mol. The molecule has 1 saturated heterocycles. The van der Waals surface area contributed by atoms with E-state index < -0.39 is 15.6 Å². The van der Waals surface area contributed by atoms with Crippen molar-refractivity contribution in [2.75, 3.05) is 6.61 Å². The van der Waals surface area contributed by atoms with Gasteiger partial charge in [-0.15, -0.1) is 10.2 Å². The number of primary sulfonamides is 1. The third-order valence-corrected chi connectivity index (χ3v) is 4.30. The van der Waals surface area contributed by atoms with Gasteiger partial charge in [0, 0.05) is 18.1 Å². The molecule has 2 heterocycles. The van der Waals surface area contributed by atoms with Crippen molar-refractivity contribution < 1.29 is 13.2 Å². The lowest BCUT2D eigenvalue weighted by Crippen LogP contribution is -2.32. The van der Waals surface area contributed by atoms with Crippen LogP contribution in [-0.4, -0.2) is 35.9 Å². The molecule has 20 heavy (non-hydrogen) atoms. The first-order valence-electron chi connectivity index (χ1n) is 6.76. The molecule has 0 bridgehead atoms. The van der Waals surface area contributed by atoms with E-state index in [1.165, 1.54) is 0 Å². The molecule has 2 N–H and O–H groups in total. The zero-order valence-corrected chi connectivity index (χ0v) is 13.1. The number of hydrogen-bond donors (Lipinski definition) is 1. The third-order valence-electron chi connectivity index (χ3n) is 3.53. The second-order valence-corrected chi connectivity index (χ2v) is 7.56. The van der Waals surface area contributed by atoms with E-state index in [0.29, 0.717) is 12.4 Å². The number of ether oxygens (including phenoxy) is 1. The molecule has 7 nitrogen and oxygen atoms in total. The van der Waals surface area contributed by atoms with Gasteiger partial charge in [-0.05, 0) is 33.6 Å². The van der Waals surface area contributed by atoms with Gasteiger partial charge in [0.1, 0.15) is 5.82 Å². The van der Waals surface area contributed by atoms with E-state index in [1.54, 1.807) is 4.57 Å². The van der Waals surface area contributed by atoms with E-state index in [-0.39, 0.29) is 17.2 Å². The van der Waals surface area contributed by atoms with Crippen LogP contribution in [0.25, 0.3) is 0 Å². The summed E-state index contributed by atoms with van der Waals surface area (Å²) in [6, 6.07) is 0. The summed E-state index contributed by atoms with van der Waals surface area (Å²) in [4.78, 5) is 0. The molecule has 2 rings (SSSR count). The van der Waals surface area contributed by atoms with Gasteiger partial charge in [0.15, 0.2) is 0 Å². The van der Waals surface area contributed by atoms with Crippen molar-refractivity contribution in [2.24, 2.45) is 5.14 Å². The predicted octanol–water partition coefficient (Wildman–Crippen LogP) is 0.963. The van der Waals surface area contributed by atoms with Gasteiger partial charge < -0.3 is 4.74 Å². The van der Waals surface area contributed by atoms with Crippen LogP contribution in [0.3, 0.4) is 0 Å². The molecule has 1 fully saturated rings. The van der Waals surface area contributed by atoms with Crippen molar-refractivity contribution in [2.45, 2.75) is 63.3 Å². The van der Waals surface area contributed by atoms with Gasteiger partial charge in [-0.2, -0.15) is 0 Å². The second kappa shape index (κ2) is 5.09. The Bertz CT molecular complexity index is 588. The molecular weight excluding hydrogens is 280 g/mol. The molecule has 0 aliphatic carbocycles. The molecule has 1 aliphatic heterocycles. The first kappa shape index (κ1) is 15.4. The van der Waals surface area contributed by atoms with Crippen LogP contribution < -0.4 is 5.14 Å². The first-order valence-corrected chi connectivity index (χ1v) is 8.31. The van der Waals surface area contributed by atoms with Crippen LogP contribution in [-0.2, 0) is 20.3 Å². The number of nitrogens with two attached hydrogens (primary N) is 1. The number of nitrogens with zero attached hydrogens (tertiary/aromatic N) is 3. The van der Waals surface area contributed by atoms with Gasteiger partial charge in [0.25, 0.3) is 15.2 Å². The molecule has 0 amide bonds. The molecular formula is C12H22N4O3S. The highest BCUT2D eigenvalue weighted by Gasteiger charge is 2.37. The third kappa shape index (κ3) is 2.72. The van der Waals surface area contributed by atoms with Crippen molar-refractivity contribution in [1.29, 1.82) is 0 Å². The van der Waals surface area contributed by atoms with Crippen molar-refractivity contribution in [3.8, 4) is 0 Å². The summed E-state index contributed by atoms with van der Waals surface area (Å²) >= 11 is 0. The highest BCUT2D eigenvalue weighted by Crippen LogP contribution is 2.35. The quantitative estimate of drug-likeness (QED) is 0.896. The molecule has 0 radical (unpaired) electrons. The van der Waals surface area contributed by atoms with E-state index >= 15 is 0 Å². The van der Waals surface area contributed by atoms with Gasteiger partial charge in [0.2, 0.25) is 0 Å². The summed E-state index contributed by atoms with van der Waals surface area (Å²) < 4.78 is 30.7. The Kier molecular flexibility index (Phi) is 3.92. The average Bonchev–Trinajstić information content (AvgIpc) is 2.92. The van der Waals surface area contributed by atoms with E-state index in [2.05, 4.69) is 10.2 Å². The lowest BCUT2D eigenvalue weighted by atomic mass is 9.97. The highest BCUT2D eigenvalue weighted by atomic mass is 32.2. The SMILES string of the molecule is CCC1OCCC1c1nnc(S(N)(=O)=O)n1C(C)(C)C. The maximum Gasteiger partial charge on any atom is 0.273 e. The fourth-order valence-electron chi connectivity index (χ4n) is 2.68. The molecule has 0 spiro atoms. The summed E-state index contributed by atoms with van der Waals surface area (Å²) in [6.07, 6.45) is 1.72. The Morgan fingerprint density at radius 2 is 2.05 bits per heavy atom. The molecule has 1 aliphatic rings. The maximum absolute atomic E-state index is 11.7. The molecule has 2 atom stereocenters. The molecule has 114 valence electrons. The number of aromatic nitrogens is 3. The van der Waals surface area contributed by atoms with Crippen LogP contribution >= 0.6 is 0 Å². The Labute approximate surface area is 119 Å². The zero-order valence-electron chi connectivity index (χ0n) is 12.3. The van der Waals surface area contributed by atoms with Crippen molar-refractivity contribution >= 4 is 10.0 Å². The minimum absolute atomic E-state index is 0.0497. The molecule has 0 saturated carbocycles. The Hall–Kier alpha value is -0.990. The van der Waals surface area contributed by atoms with Gasteiger partial charge in [-0.1, -0.05) is 6.92 Å². The zero-order chi connectivity index (χ0) is 15.1. The summed E-state index contributed by atoms with van der Waals surface area (Å²) in [5, 5.41) is 13.0. The van der Waals surface area contributed by atoms with Crippen molar-refractivity contribution in [1.82, 2.24) is 14.8 Å². The highest BCUT2D eigenvalue weighted by molar-refractivity contribution is 7.89. The Balaban J connectivity index is 2.58. The molecule has 0 aromatic carbocycles. The van der Waals surface area contributed by atoms with Crippen LogP contribution in [0.2, 0.25) is 0 Å². The first-order chi connectivity index (χ1) is 9.16. The molecule has 1 aromatic rings. The van der Waals surface area contributed by atoms with E-state index in [0.717, 1.165) is 12.8 Å². The van der Waals surface area contributed by atoms with E-state index in [4.69, 9.17) is 9.88 Å². The Morgan fingerprint density at radius 3 is 2.55 bits per heavy atom. The van der Waals surface area contributed by atoms with Crippen molar-refractivity contribution in [3.63, 3.8) is 0 Å². The topological polar surface area (TPSA) is 100 Å². The van der Waals surface area contributed by atoms with Gasteiger partial charge in [-0.25, -0.2) is 13.6 Å². The minimum atomic E-state index is -3.90. The van der Waals surface area contributed by atoms with Crippen LogP contribution in [0.15, 0.2) is 5.16 Å². The predicted molar refractivity (Wildman–Crippen MR) is 73.8 cm³/mol. The number of sulfonamides is 1. The van der Waals surface area contributed by atoms with Crippen LogP contribution in [0.4, 0.5) is 0 Å². The summed E-state index contributed by atoms with van der Waals surface area (Å²) in [5.74, 6) is 0.702. The number of rotatable bonds is 3. The fraction of sp³-hybridized carbons (Fsp3) is 0.833. The summed E-state index contributed by atoms with van der Waals surface area (Å²) in [7, 11) is -3.90. The molecule has 2 unspecified atom stereocenters. The lowest BCUT2D eigenvalue weighted by Gasteiger charge is -2.27. The van der Waals surface area contributed by atoms with Crippen molar-refractivity contribution in [3.05, 3.63) is 5.82 Å². The van der Waals surface area contributed by atoms with Crippen LogP contribution in [0.1, 0.15) is 52.3 Å². The van der Waals surface area contributed by atoms with Gasteiger partial charge in [-0.3, -0.25) is 4.57 Å². The van der Waals surface area contributed by atoms with Gasteiger partial charge >= 0.3 is 0 Å². The maximum atomic E-state index is 11.7. The van der Waals surface area contributed by atoms with Crippen LogP contribution in [0, 0.1) is 0 Å². The second-order valence-electron chi connectivity index (χ2n) is 6.10. The standard InChI is InChI=1S/C12H22N4O3S/c1-5-9-8(6-7-19-9)10-14-15-11(20(13,17)18)16(10)12(2,3)4/h8-9H,5-7H2,1-4H3,(H2,13,17,18). The lowest BCUT2D eigenvalue weighted by molar-refractivity contribution is 0.0979.